The summed E-state index contributed by atoms with van der Waals surface area (Å²) in [5.74, 6) is 1.87. The predicted molar refractivity (Wildman–Crippen MR) is 122 cm³/mol. The second-order valence-electron chi connectivity index (χ2n) is 9.19. The molecule has 0 aliphatic carbocycles. The van der Waals surface area contributed by atoms with Crippen molar-refractivity contribution in [2.24, 2.45) is 11.8 Å². The Morgan fingerprint density at radius 1 is 0.346 bits per heavy atom. The highest BCUT2D eigenvalue weighted by Gasteiger charge is 2.10. The normalized spacial score (nSPS) is 13.8. The molecule has 0 aromatic carbocycles. The smallest absolute Gasteiger partial charge is 0.0417 e. The molecule has 0 heterocycles. The highest BCUT2D eigenvalue weighted by atomic mass is 14.2. The van der Waals surface area contributed by atoms with Crippen LogP contribution in [0.4, 0.5) is 0 Å². The summed E-state index contributed by atoms with van der Waals surface area (Å²) in [6.07, 6.45) is 29.2. The van der Waals surface area contributed by atoms with Gasteiger partial charge in [-0.15, -0.1) is 0 Å². The first kappa shape index (κ1) is 26.0. The maximum Gasteiger partial charge on any atom is -0.0417 e. The summed E-state index contributed by atoms with van der Waals surface area (Å²) in [6.45, 7) is 9.56. The number of hydrogen-bond acceptors (Lipinski definition) is 0. The molecule has 0 spiro atoms. The van der Waals surface area contributed by atoms with Gasteiger partial charge in [0.05, 0.1) is 0 Å². The number of rotatable bonds is 21. The van der Waals surface area contributed by atoms with E-state index in [4.69, 9.17) is 0 Å². The van der Waals surface area contributed by atoms with E-state index in [0.717, 1.165) is 11.8 Å². The number of unbranched alkanes of at least 4 members (excludes halogenated alkanes) is 16. The summed E-state index contributed by atoms with van der Waals surface area (Å²) in [5, 5.41) is 0. The van der Waals surface area contributed by atoms with Crippen molar-refractivity contribution < 1.29 is 0 Å². The van der Waals surface area contributed by atoms with Crippen LogP contribution in [0.15, 0.2) is 0 Å². The van der Waals surface area contributed by atoms with E-state index in [2.05, 4.69) is 27.7 Å². The Balaban J connectivity index is 3.15. The summed E-state index contributed by atoms with van der Waals surface area (Å²) in [7, 11) is 0. The molecule has 2 atom stereocenters. The molecule has 2 unspecified atom stereocenters. The van der Waals surface area contributed by atoms with Gasteiger partial charge in [-0.25, -0.2) is 0 Å². The van der Waals surface area contributed by atoms with E-state index in [9.17, 15) is 0 Å². The van der Waals surface area contributed by atoms with Gasteiger partial charge in [0.1, 0.15) is 0 Å². The second kappa shape index (κ2) is 21.3. The van der Waals surface area contributed by atoms with Gasteiger partial charge in [-0.3, -0.25) is 0 Å². The van der Waals surface area contributed by atoms with Gasteiger partial charge < -0.3 is 0 Å². The topological polar surface area (TPSA) is 0 Å². The van der Waals surface area contributed by atoms with Gasteiger partial charge in [-0.05, 0) is 11.8 Å². The van der Waals surface area contributed by atoms with Crippen LogP contribution in [0.2, 0.25) is 0 Å². The minimum absolute atomic E-state index is 0.936. The summed E-state index contributed by atoms with van der Waals surface area (Å²) in [4.78, 5) is 0. The quantitative estimate of drug-likeness (QED) is 0.177. The van der Waals surface area contributed by atoms with Crippen LogP contribution in [0.3, 0.4) is 0 Å². The van der Waals surface area contributed by atoms with Gasteiger partial charge in [0, 0.05) is 0 Å². The maximum absolute atomic E-state index is 2.48. The average Bonchev–Trinajstić information content (AvgIpc) is 2.65. The zero-order valence-electron chi connectivity index (χ0n) is 19.3. The van der Waals surface area contributed by atoms with Crippen molar-refractivity contribution in [1.29, 1.82) is 0 Å². The van der Waals surface area contributed by atoms with E-state index in [-0.39, 0.29) is 0 Å². The van der Waals surface area contributed by atoms with Crippen molar-refractivity contribution in [3.05, 3.63) is 0 Å². The molecule has 0 aromatic heterocycles. The van der Waals surface area contributed by atoms with Crippen LogP contribution in [0.1, 0.15) is 156 Å². The Bertz CT molecular complexity index is 244. The van der Waals surface area contributed by atoms with Crippen molar-refractivity contribution in [1.82, 2.24) is 0 Å². The predicted octanol–water partition coefficient (Wildman–Crippen LogP) is 10.1. The lowest BCUT2D eigenvalue weighted by atomic mass is 9.87. The van der Waals surface area contributed by atoms with Crippen LogP contribution in [-0.2, 0) is 0 Å². The average molecular weight is 367 g/mol. The Hall–Kier alpha value is 0. The Morgan fingerprint density at radius 2 is 0.615 bits per heavy atom. The summed E-state index contributed by atoms with van der Waals surface area (Å²) < 4.78 is 0. The lowest BCUT2D eigenvalue weighted by molar-refractivity contribution is 0.325. The maximum atomic E-state index is 2.48. The first-order valence-electron chi connectivity index (χ1n) is 12.7. The molecule has 0 aliphatic rings. The van der Waals surface area contributed by atoms with Gasteiger partial charge in [-0.1, -0.05) is 156 Å². The molecular formula is C26H54. The molecule has 0 heteroatoms. The van der Waals surface area contributed by atoms with Gasteiger partial charge in [0.25, 0.3) is 0 Å². The molecule has 0 fully saturated rings. The standard InChI is InChI=1S/C26H54/c1-5-7-9-10-11-12-13-14-15-16-17-18-19-20-21-22-24-26(4)25(3)23-8-6-2/h25-26H,5-24H2,1-4H3. The zero-order chi connectivity index (χ0) is 19.3. The third kappa shape index (κ3) is 18.8. The van der Waals surface area contributed by atoms with E-state index >= 15 is 0 Å². The van der Waals surface area contributed by atoms with E-state index in [0.29, 0.717) is 0 Å². The van der Waals surface area contributed by atoms with Crippen molar-refractivity contribution in [2.75, 3.05) is 0 Å². The van der Waals surface area contributed by atoms with Gasteiger partial charge in [0.15, 0.2) is 0 Å². The van der Waals surface area contributed by atoms with Gasteiger partial charge >= 0.3 is 0 Å². The van der Waals surface area contributed by atoms with E-state index < -0.39 is 0 Å². The fraction of sp³-hybridized carbons (Fsp3) is 1.00. The lowest BCUT2D eigenvalue weighted by Crippen LogP contribution is -2.07. The first-order chi connectivity index (χ1) is 12.7. The molecule has 0 amide bonds. The van der Waals surface area contributed by atoms with Crippen molar-refractivity contribution in [2.45, 2.75) is 156 Å². The summed E-state index contributed by atoms with van der Waals surface area (Å²) in [5.41, 5.74) is 0. The zero-order valence-corrected chi connectivity index (χ0v) is 19.3. The molecule has 0 bridgehead atoms. The van der Waals surface area contributed by atoms with Crippen molar-refractivity contribution in [3.8, 4) is 0 Å². The SMILES string of the molecule is CCCCCCCCCCCCCCCCCCC(C)C(C)CCCC. The van der Waals surface area contributed by atoms with Crippen LogP contribution in [0.5, 0.6) is 0 Å². The monoisotopic (exact) mass is 366 g/mol. The first-order valence-corrected chi connectivity index (χ1v) is 12.7. The Kier molecular flexibility index (Phi) is 21.3. The largest absolute Gasteiger partial charge is 0.0654 e. The molecule has 0 N–H and O–H groups in total. The molecule has 0 saturated heterocycles. The highest BCUT2D eigenvalue weighted by molar-refractivity contribution is 4.62. The molecule has 26 heavy (non-hydrogen) atoms. The molecule has 0 saturated carbocycles. The molecular weight excluding hydrogens is 312 g/mol. The molecule has 0 aliphatic heterocycles. The van der Waals surface area contributed by atoms with Crippen LogP contribution in [-0.4, -0.2) is 0 Å². The van der Waals surface area contributed by atoms with Gasteiger partial charge in [0.2, 0.25) is 0 Å². The third-order valence-corrected chi connectivity index (χ3v) is 6.50. The van der Waals surface area contributed by atoms with E-state index in [1.807, 2.05) is 0 Å². The van der Waals surface area contributed by atoms with Crippen molar-refractivity contribution in [3.63, 3.8) is 0 Å². The molecule has 0 radical (unpaired) electrons. The third-order valence-electron chi connectivity index (χ3n) is 6.50. The van der Waals surface area contributed by atoms with E-state index in [1.165, 1.54) is 128 Å². The second-order valence-corrected chi connectivity index (χ2v) is 9.19. The fourth-order valence-corrected chi connectivity index (χ4v) is 4.11. The van der Waals surface area contributed by atoms with E-state index in [1.54, 1.807) is 0 Å². The van der Waals surface area contributed by atoms with Crippen LogP contribution < -0.4 is 0 Å². The fourth-order valence-electron chi connectivity index (χ4n) is 4.11. The highest BCUT2D eigenvalue weighted by Crippen LogP contribution is 2.23. The van der Waals surface area contributed by atoms with Crippen molar-refractivity contribution >= 4 is 0 Å². The Labute approximate surface area is 168 Å². The minimum Gasteiger partial charge on any atom is -0.0654 e. The lowest BCUT2D eigenvalue weighted by Gasteiger charge is -2.19. The molecule has 158 valence electrons. The minimum atomic E-state index is 0.936. The number of hydrogen-bond donors (Lipinski definition) is 0. The van der Waals surface area contributed by atoms with Crippen LogP contribution in [0.25, 0.3) is 0 Å². The summed E-state index contributed by atoms with van der Waals surface area (Å²) >= 11 is 0. The van der Waals surface area contributed by atoms with Gasteiger partial charge in [-0.2, -0.15) is 0 Å². The molecule has 0 nitrogen and oxygen atoms in total. The Morgan fingerprint density at radius 3 is 0.962 bits per heavy atom. The summed E-state index contributed by atoms with van der Waals surface area (Å²) in [6, 6.07) is 0. The van der Waals surface area contributed by atoms with Crippen LogP contribution >= 0.6 is 0 Å². The molecule has 0 aromatic rings. The van der Waals surface area contributed by atoms with Crippen LogP contribution in [0, 0.1) is 11.8 Å². The molecule has 0 rings (SSSR count).